The van der Waals surface area contributed by atoms with Crippen LogP contribution in [-0.2, 0) is 4.74 Å². The number of guanidine groups is 1. The standard InChI is InChI=1S/C24H41N5O2.HI/c1-19-17-28(18-20(2)31-19)12-8-11-26-24(25-3)27-16-23(29-13-5-6-14-29)21-9-7-10-22(15-21)30-4;/h7,9-10,15,19-20,23H,5-6,8,11-14,16-18H2,1-4H3,(H2,25,26,27);1H. The summed E-state index contributed by atoms with van der Waals surface area (Å²) in [6.07, 6.45) is 4.28. The van der Waals surface area contributed by atoms with Crippen molar-refractivity contribution < 1.29 is 9.47 Å². The molecule has 2 aliphatic heterocycles. The van der Waals surface area contributed by atoms with E-state index in [0.29, 0.717) is 18.2 Å². The van der Waals surface area contributed by atoms with Gasteiger partial charge in [0.1, 0.15) is 5.75 Å². The van der Waals surface area contributed by atoms with Crippen LogP contribution in [0.25, 0.3) is 0 Å². The smallest absolute Gasteiger partial charge is 0.191 e. The van der Waals surface area contributed by atoms with Gasteiger partial charge >= 0.3 is 0 Å². The van der Waals surface area contributed by atoms with Crippen molar-refractivity contribution in [2.24, 2.45) is 4.99 Å². The molecule has 0 aliphatic carbocycles. The first-order valence-corrected chi connectivity index (χ1v) is 11.8. The van der Waals surface area contributed by atoms with Crippen LogP contribution in [0.15, 0.2) is 29.3 Å². The van der Waals surface area contributed by atoms with E-state index in [1.807, 2.05) is 13.1 Å². The number of methoxy groups -OCH3 is 1. The van der Waals surface area contributed by atoms with Gasteiger partial charge in [-0.15, -0.1) is 24.0 Å². The normalized spacial score (nSPS) is 23.4. The number of likely N-dealkylation sites (tertiary alicyclic amines) is 1. The number of hydrogen-bond acceptors (Lipinski definition) is 5. The van der Waals surface area contributed by atoms with E-state index in [4.69, 9.17) is 9.47 Å². The summed E-state index contributed by atoms with van der Waals surface area (Å²) in [6, 6.07) is 8.76. The maximum absolute atomic E-state index is 5.83. The van der Waals surface area contributed by atoms with Gasteiger partial charge in [-0.2, -0.15) is 0 Å². The second-order valence-corrected chi connectivity index (χ2v) is 8.79. The number of hydrogen-bond donors (Lipinski definition) is 2. The number of halogens is 1. The van der Waals surface area contributed by atoms with Crippen LogP contribution < -0.4 is 15.4 Å². The minimum atomic E-state index is 0. The van der Waals surface area contributed by atoms with Crippen molar-refractivity contribution in [1.82, 2.24) is 20.4 Å². The van der Waals surface area contributed by atoms with Gasteiger partial charge in [0.25, 0.3) is 0 Å². The molecule has 2 aliphatic rings. The Morgan fingerprint density at radius 1 is 1.19 bits per heavy atom. The highest BCUT2D eigenvalue weighted by atomic mass is 127. The van der Waals surface area contributed by atoms with Crippen LogP contribution in [0.5, 0.6) is 5.75 Å². The Balaban J connectivity index is 0.00000363. The summed E-state index contributed by atoms with van der Waals surface area (Å²) >= 11 is 0. The fourth-order valence-electron chi connectivity index (χ4n) is 4.75. The van der Waals surface area contributed by atoms with Crippen LogP contribution in [-0.4, -0.2) is 87.9 Å². The van der Waals surface area contributed by atoms with Gasteiger partial charge in [0.05, 0.1) is 25.4 Å². The van der Waals surface area contributed by atoms with Crippen molar-refractivity contribution >= 4 is 29.9 Å². The molecule has 3 rings (SSSR count). The summed E-state index contributed by atoms with van der Waals surface area (Å²) in [4.78, 5) is 9.51. The van der Waals surface area contributed by atoms with Gasteiger partial charge in [-0.25, -0.2) is 0 Å². The number of nitrogens with one attached hydrogen (secondary N) is 2. The largest absolute Gasteiger partial charge is 0.497 e. The number of ether oxygens (including phenoxy) is 2. The molecule has 2 heterocycles. The zero-order chi connectivity index (χ0) is 22.1. The van der Waals surface area contributed by atoms with E-state index in [1.165, 1.54) is 18.4 Å². The van der Waals surface area contributed by atoms with Crippen LogP contribution in [0.4, 0.5) is 0 Å². The lowest BCUT2D eigenvalue weighted by Crippen LogP contribution is -2.46. The lowest BCUT2D eigenvalue weighted by Gasteiger charge is -2.35. The summed E-state index contributed by atoms with van der Waals surface area (Å²) in [6.45, 7) is 11.5. The molecule has 0 spiro atoms. The molecule has 2 N–H and O–H groups in total. The molecule has 2 fully saturated rings. The van der Waals surface area contributed by atoms with Crippen LogP contribution in [0.3, 0.4) is 0 Å². The van der Waals surface area contributed by atoms with Crippen LogP contribution in [0.1, 0.15) is 44.7 Å². The molecule has 0 radical (unpaired) electrons. The van der Waals surface area contributed by atoms with Crippen molar-refractivity contribution in [3.63, 3.8) is 0 Å². The molecule has 3 unspecified atom stereocenters. The van der Waals surface area contributed by atoms with Gasteiger partial charge in [-0.1, -0.05) is 12.1 Å². The average molecular weight is 560 g/mol. The van der Waals surface area contributed by atoms with E-state index in [0.717, 1.165) is 63.9 Å². The fourth-order valence-corrected chi connectivity index (χ4v) is 4.75. The van der Waals surface area contributed by atoms with Crippen LogP contribution in [0, 0.1) is 0 Å². The van der Waals surface area contributed by atoms with Crippen LogP contribution in [0.2, 0.25) is 0 Å². The number of nitrogens with zero attached hydrogens (tertiary/aromatic N) is 3. The first-order valence-electron chi connectivity index (χ1n) is 11.8. The third-order valence-electron chi connectivity index (χ3n) is 6.19. The van der Waals surface area contributed by atoms with Gasteiger partial charge < -0.3 is 20.1 Å². The molecule has 7 nitrogen and oxygen atoms in total. The van der Waals surface area contributed by atoms with Gasteiger partial charge in [-0.05, 0) is 63.9 Å². The monoisotopic (exact) mass is 559 g/mol. The second-order valence-electron chi connectivity index (χ2n) is 8.79. The molecule has 182 valence electrons. The summed E-state index contributed by atoms with van der Waals surface area (Å²) in [7, 11) is 3.57. The summed E-state index contributed by atoms with van der Waals surface area (Å²) in [5, 5.41) is 7.05. The first-order chi connectivity index (χ1) is 15.1. The molecular weight excluding hydrogens is 517 g/mol. The predicted molar refractivity (Wildman–Crippen MR) is 142 cm³/mol. The van der Waals surface area contributed by atoms with E-state index in [1.54, 1.807) is 7.11 Å². The lowest BCUT2D eigenvalue weighted by molar-refractivity contribution is -0.0679. The number of rotatable bonds is 9. The predicted octanol–water partition coefficient (Wildman–Crippen LogP) is 3.11. The Bertz CT molecular complexity index is 689. The third-order valence-corrected chi connectivity index (χ3v) is 6.19. The fraction of sp³-hybridized carbons (Fsp3) is 0.708. The van der Waals surface area contributed by atoms with Crippen molar-refractivity contribution in [3.05, 3.63) is 29.8 Å². The van der Waals surface area contributed by atoms with Crippen molar-refractivity contribution in [1.29, 1.82) is 0 Å². The van der Waals surface area contributed by atoms with Crippen LogP contribution >= 0.6 is 24.0 Å². The summed E-state index contributed by atoms with van der Waals surface area (Å²) in [5.41, 5.74) is 1.29. The Hall–Kier alpha value is -1.10. The zero-order valence-corrected chi connectivity index (χ0v) is 22.5. The van der Waals surface area contributed by atoms with E-state index < -0.39 is 0 Å². The maximum atomic E-state index is 5.83. The minimum Gasteiger partial charge on any atom is -0.497 e. The molecule has 8 heteroatoms. The highest BCUT2D eigenvalue weighted by Crippen LogP contribution is 2.27. The van der Waals surface area contributed by atoms with Gasteiger partial charge in [-0.3, -0.25) is 14.8 Å². The molecular formula is C24H42IN5O2. The number of morpholine rings is 1. The maximum Gasteiger partial charge on any atom is 0.191 e. The Labute approximate surface area is 211 Å². The molecule has 32 heavy (non-hydrogen) atoms. The topological polar surface area (TPSA) is 61.4 Å². The molecule has 2 saturated heterocycles. The first kappa shape index (κ1) is 27.1. The van der Waals surface area contributed by atoms with Crippen molar-refractivity contribution in [2.75, 3.05) is 60.0 Å². The Morgan fingerprint density at radius 2 is 1.91 bits per heavy atom. The van der Waals surface area contributed by atoms with Gasteiger partial charge in [0.2, 0.25) is 0 Å². The van der Waals surface area contributed by atoms with E-state index in [2.05, 4.69) is 57.5 Å². The molecule has 1 aromatic rings. The third kappa shape index (κ3) is 8.35. The molecule has 0 bridgehead atoms. The zero-order valence-electron chi connectivity index (χ0n) is 20.2. The molecule has 0 aromatic heterocycles. The number of aliphatic imine (C=N–C) groups is 1. The number of benzene rings is 1. The molecule has 0 saturated carbocycles. The van der Waals surface area contributed by atoms with Gasteiger partial charge in [0.15, 0.2) is 5.96 Å². The lowest BCUT2D eigenvalue weighted by atomic mass is 10.1. The van der Waals surface area contributed by atoms with Crippen molar-refractivity contribution in [3.8, 4) is 5.75 Å². The SMILES string of the molecule is CN=C(NCCCN1CC(C)OC(C)C1)NCC(c1cccc(OC)c1)N1CCCC1.I. The summed E-state index contributed by atoms with van der Waals surface area (Å²) < 4.78 is 11.3. The van der Waals surface area contributed by atoms with Crippen molar-refractivity contribution in [2.45, 2.75) is 51.4 Å². The van der Waals surface area contributed by atoms with E-state index >= 15 is 0 Å². The van der Waals surface area contributed by atoms with Gasteiger partial charge in [0, 0.05) is 39.8 Å². The summed E-state index contributed by atoms with van der Waals surface area (Å²) in [5.74, 6) is 1.78. The Kier molecular flexibility index (Phi) is 12.1. The highest BCUT2D eigenvalue weighted by molar-refractivity contribution is 14.0. The highest BCUT2D eigenvalue weighted by Gasteiger charge is 2.24. The molecule has 3 atom stereocenters. The molecule has 1 aromatic carbocycles. The molecule has 0 amide bonds. The second kappa shape index (κ2) is 14.2. The Morgan fingerprint density at radius 3 is 2.56 bits per heavy atom. The average Bonchev–Trinajstić information content (AvgIpc) is 3.29. The van der Waals surface area contributed by atoms with E-state index in [9.17, 15) is 0 Å². The van der Waals surface area contributed by atoms with E-state index in [-0.39, 0.29) is 24.0 Å². The minimum absolute atomic E-state index is 0. The quantitative estimate of drug-likeness (QED) is 0.210.